The molecule has 3 rings (SSSR count). The number of amides is 2. The minimum atomic E-state index is -2.13. The van der Waals surface area contributed by atoms with Crippen LogP contribution in [0.15, 0.2) is 55.5 Å². The summed E-state index contributed by atoms with van der Waals surface area (Å²) in [5.41, 5.74) is 5.88. The quantitative estimate of drug-likeness (QED) is 0.0880. The third-order valence-electron chi connectivity index (χ3n) is 10.3. The third kappa shape index (κ3) is 11.7. The first-order valence-electron chi connectivity index (χ1n) is 18.6. The lowest BCUT2D eigenvalue weighted by molar-refractivity contribution is -0.143. The molecule has 0 unspecified atom stereocenters. The average molecular weight is 692 g/mol. The highest BCUT2D eigenvalue weighted by Crippen LogP contribution is 2.30. The van der Waals surface area contributed by atoms with E-state index in [-0.39, 0.29) is 49.2 Å². The van der Waals surface area contributed by atoms with E-state index in [1.54, 1.807) is 37.4 Å². The van der Waals surface area contributed by atoms with Gasteiger partial charge in [0.2, 0.25) is 11.8 Å². The van der Waals surface area contributed by atoms with E-state index >= 15 is 0 Å². The molecule has 1 saturated carbocycles. The molecule has 1 aromatic heterocycles. The lowest BCUT2D eigenvalue weighted by atomic mass is 9.77. The predicted octanol–water partition coefficient (Wildman–Crippen LogP) is 5.25. The minimum absolute atomic E-state index is 0.0215. The highest BCUT2D eigenvalue weighted by Gasteiger charge is 2.47. The molecule has 6 atom stereocenters. The monoisotopic (exact) mass is 691 g/mol. The zero-order valence-electron chi connectivity index (χ0n) is 30.8. The molecule has 50 heavy (non-hydrogen) atoms. The molecular weight excluding hydrogens is 630 g/mol. The number of nitrogens with zero attached hydrogens (tertiary/aromatic N) is 1. The van der Waals surface area contributed by atoms with Crippen molar-refractivity contribution in [3.63, 3.8) is 0 Å². The average Bonchev–Trinajstić information content (AvgIpc) is 3.60. The van der Waals surface area contributed by atoms with E-state index in [0.717, 1.165) is 25.7 Å². The van der Waals surface area contributed by atoms with Gasteiger partial charge in [0.1, 0.15) is 11.8 Å². The molecule has 1 aliphatic rings. The van der Waals surface area contributed by atoms with Gasteiger partial charge in [-0.05, 0) is 48.5 Å². The number of carbonyl (C=O) groups excluding carboxylic acids is 4. The normalized spacial score (nSPS) is 18.0. The molecule has 10 nitrogen and oxygen atoms in total. The van der Waals surface area contributed by atoms with E-state index in [0.29, 0.717) is 30.0 Å². The standard InChI is InChI=1S/C40H61N5O5/c1-7-30(27(5)6)21-36(47)33(20-28-15-11-9-12-16-28)44-38(49)34(22-31-24-42-25-43-31)45-39(50)40(41,23-29-17-13-10-14-18-29)37(48)32(8-2)35(46)19-26(3)4/h7,10,13-14,17-18,24-28,30,32-34,36,47H,1,8-9,11-12,15-16,19-23,41H2,2-6H3,(H,42,43)(H,44,49)(H,45,50)/t30-,32-,33-,34-,36-,40+/m0/s1. The van der Waals surface area contributed by atoms with Crippen molar-refractivity contribution in [2.24, 2.45) is 35.3 Å². The Morgan fingerprint density at radius 2 is 1.76 bits per heavy atom. The Balaban J connectivity index is 1.96. The van der Waals surface area contributed by atoms with Gasteiger partial charge in [0.05, 0.1) is 30.1 Å². The fourth-order valence-electron chi connectivity index (χ4n) is 7.18. The number of benzene rings is 1. The number of rotatable bonds is 21. The lowest BCUT2D eigenvalue weighted by Crippen LogP contribution is -2.66. The van der Waals surface area contributed by atoms with Crippen LogP contribution in [0.25, 0.3) is 0 Å². The van der Waals surface area contributed by atoms with Crippen molar-refractivity contribution in [3.05, 3.63) is 66.8 Å². The number of hydrogen-bond acceptors (Lipinski definition) is 7. The van der Waals surface area contributed by atoms with Crippen molar-refractivity contribution in [1.29, 1.82) is 0 Å². The highest BCUT2D eigenvalue weighted by molar-refractivity contribution is 6.18. The Labute approximate surface area is 298 Å². The number of H-pyrrole nitrogens is 1. The number of aromatic amines is 1. The Kier molecular flexibility index (Phi) is 16.1. The van der Waals surface area contributed by atoms with Crippen molar-refractivity contribution >= 4 is 23.4 Å². The van der Waals surface area contributed by atoms with Gasteiger partial charge < -0.3 is 26.5 Å². The topological polar surface area (TPSA) is 167 Å². The number of Topliss-reactive ketones (excluding diaryl/α,β-unsaturated/α-hetero) is 2. The molecule has 0 aliphatic heterocycles. The van der Waals surface area contributed by atoms with Crippen molar-refractivity contribution in [3.8, 4) is 0 Å². The number of aromatic nitrogens is 2. The second kappa shape index (κ2) is 19.7. The number of hydrogen-bond donors (Lipinski definition) is 5. The van der Waals surface area contributed by atoms with Crippen LogP contribution in [0.5, 0.6) is 0 Å². The third-order valence-corrected chi connectivity index (χ3v) is 10.3. The first-order chi connectivity index (χ1) is 23.8. The summed E-state index contributed by atoms with van der Waals surface area (Å²) in [5, 5.41) is 17.5. The van der Waals surface area contributed by atoms with Gasteiger partial charge in [-0.2, -0.15) is 0 Å². The smallest absolute Gasteiger partial charge is 0.248 e. The van der Waals surface area contributed by atoms with Crippen LogP contribution in [-0.2, 0) is 32.0 Å². The van der Waals surface area contributed by atoms with Crippen LogP contribution < -0.4 is 16.4 Å². The maximum absolute atomic E-state index is 14.4. The molecule has 1 fully saturated rings. The Morgan fingerprint density at radius 1 is 1.08 bits per heavy atom. The van der Waals surface area contributed by atoms with Crippen LogP contribution in [-0.4, -0.2) is 62.2 Å². The second-order valence-corrected chi connectivity index (χ2v) is 15.1. The van der Waals surface area contributed by atoms with E-state index in [4.69, 9.17) is 5.73 Å². The molecule has 0 spiro atoms. The van der Waals surface area contributed by atoms with Gasteiger partial charge in [0.15, 0.2) is 11.3 Å². The van der Waals surface area contributed by atoms with E-state index in [9.17, 15) is 24.3 Å². The molecule has 0 bridgehead atoms. The summed E-state index contributed by atoms with van der Waals surface area (Å²) in [6.45, 7) is 13.7. The minimum Gasteiger partial charge on any atom is -0.391 e. The van der Waals surface area contributed by atoms with E-state index in [2.05, 4.69) is 41.0 Å². The maximum atomic E-state index is 14.4. The molecule has 6 N–H and O–H groups in total. The molecule has 10 heteroatoms. The number of nitrogens with two attached hydrogens (primary N) is 1. The van der Waals surface area contributed by atoms with Crippen molar-refractivity contribution in [2.45, 2.75) is 129 Å². The van der Waals surface area contributed by atoms with Gasteiger partial charge in [0, 0.05) is 25.5 Å². The summed E-state index contributed by atoms with van der Waals surface area (Å²) in [6, 6.07) is 7.24. The molecule has 2 amide bonds. The van der Waals surface area contributed by atoms with Gasteiger partial charge in [-0.1, -0.05) is 103 Å². The number of aliphatic hydroxyl groups is 1. The zero-order valence-corrected chi connectivity index (χ0v) is 30.8. The van der Waals surface area contributed by atoms with E-state index < -0.39 is 47.2 Å². The second-order valence-electron chi connectivity index (χ2n) is 15.1. The van der Waals surface area contributed by atoms with E-state index in [1.807, 2.05) is 26.0 Å². The first kappa shape index (κ1) is 40.8. The van der Waals surface area contributed by atoms with Crippen LogP contribution in [0.1, 0.15) is 104 Å². The van der Waals surface area contributed by atoms with Crippen molar-refractivity contribution < 1.29 is 24.3 Å². The molecular formula is C40H61N5O5. The molecule has 0 radical (unpaired) electrons. The summed E-state index contributed by atoms with van der Waals surface area (Å²) in [4.78, 5) is 63.3. The largest absolute Gasteiger partial charge is 0.391 e. The number of nitrogens with one attached hydrogen (secondary N) is 3. The van der Waals surface area contributed by atoms with Crippen molar-refractivity contribution in [1.82, 2.24) is 20.6 Å². The SMILES string of the molecule is C=C[C@@H](C[C@H](O)[C@H](CC1CCCCC1)NC(=O)[C@H](Cc1c[nH]cn1)NC(=O)[C@@](N)(Cc1ccccc1)C(=O)[C@@H](CC)C(=O)CC(C)C)C(C)C. The van der Waals surface area contributed by atoms with E-state index in [1.165, 1.54) is 12.7 Å². The molecule has 2 aromatic rings. The number of allylic oxidation sites excluding steroid dienone is 1. The highest BCUT2D eigenvalue weighted by atomic mass is 16.3. The van der Waals surface area contributed by atoms with Crippen LogP contribution in [0.4, 0.5) is 0 Å². The Morgan fingerprint density at radius 3 is 2.32 bits per heavy atom. The van der Waals surface area contributed by atoms with Crippen LogP contribution >= 0.6 is 0 Å². The predicted molar refractivity (Wildman–Crippen MR) is 197 cm³/mol. The molecule has 1 heterocycles. The number of ketones is 2. The van der Waals surface area contributed by atoms with Gasteiger partial charge in [0.25, 0.3) is 0 Å². The fourth-order valence-corrected chi connectivity index (χ4v) is 7.18. The first-order valence-corrected chi connectivity index (χ1v) is 18.6. The fraction of sp³-hybridized carbons (Fsp3) is 0.625. The van der Waals surface area contributed by atoms with Gasteiger partial charge >= 0.3 is 0 Å². The molecule has 276 valence electrons. The van der Waals surface area contributed by atoms with Gasteiger partial charge in [-0.25, -0.2) is 4.98 Å². The summed E-state index contributed by atoms with van der Waals surface area (Å²) >= 11 is 0. The molecule has 1 aliphatic carbocycles. The zero-order chi connectivity index (χ0) is 36.8. The van der Waals surface area contributed by atoms with Crippen LogP contribution in [0.2, 0.25) is 0 Å². The lowest BCUT2D eigenvalue weighted by Gasteiger charge is -2.34. The Hall–Kier alpha value is -3.63. The summed E-state index contributed by atoms with van der Waals surface area (Å²) < 4.78 is 0. The number of carbonyl (C=O) groups is 4. The van der Waals surface area contributed by atoms with Crippen molar-refractivity contribution in [2.75, 3.05) is 0 Å². The maximum Gasteiger partial charge on any atom is 0.248 e. The van der Waals surface area contributed by atoms with Gasteiger partial charge in [-0.3, -0.25) is 19.2 Å². The summed E-state index contributed by atoms with van der Waals surface area (Å²) in [6.07, 6.45) is 10.9. The molecule has 0 saturated heterocycles. The van der Waals surface area contributed by atoms with Crippen LogP contribution in [0.3, 0.4) is 0 Å². The number of imidazole rings is 1. The Bertz CT molecular complexity index is 1370. The summed E-state index contributed by atoms with van der Waals surface area (Å²) in [5.74, 6) is -2.62. The number of aliphatic hydroxyl groups excluding tert-OH is 1. The van der Waals surface area contributed by atoms with Crippen LogP contribution in [0, 0.1) is 29.6 Å². The molecule has 1 aromatic carbocycles. The summed E-state index contributed by atoms with van der Waals surface area (Å²) in [7, 11) is 0. The van der Waals surface area contributed by atoms with Gasteiger partial charge in [-0.15, -0.1) is 6.58 Å².